The average Bonchev–Trinajstić information content (AvgIpc) is 3.42. The molecule has 2 aromatic carbocycles. The fraction of sp³-hybridized carbons (Fsp3) is 0.444. The molecule has 7 nitrogen and oxygen atoms in total. The quantitative estimate of drug-likeness (QED) is 0.646. The van der Waals surface area contributed by atoms with Gasteiger partial charge in [0.1, 0.15) is 18.2 Å². The van der Waals surface area contributed by atoms with E-state index in [0.29, 0.717) is 13.1 Å². The number of carbonyl (C=O) groups is 3. The average molecular weight is 465 g/mol. The highest BCUT2D eigenvalue weighted by molar-refractivity contribution is 5.90. The van der Waals surface area contributed by atoms with Crippen LogP contribution in [0.2, 0.25) is 0 Å². The zero-order valence-corrected chi connectivity index (χ0v) is 20.0. The van der Waals surface area contributed by atoms with Gasteiger partial charge in [-0.15, -0.1) is 0 Å². The van der Waals surface area contributed by atoms with E-state index in [2.05, 4.69) is 17.4 Å². The van der Waals surface area contributed by atoms with Gasteiger partial charge in [-0.1, -0.05) is 48.5 Å². The molecule has 1 fully saturated rings. The zero-order chi connectivity index (χ0) is 24.3. The van der Waals surface area contributed by atoms with Crippen molar-refractivity contribution in [1.29, 1.82) is 0 Å². The Kier molecular flexibility index (Phi) is 6.91. The highest BCUT2D eigenvalue weighted by Crippen LogP contribution is 2.44. The molecule has 0 unspecified atom stereocenters. The van der Waals surface area contributed by atoms with Gasteiger partial charge < -0.3 is 19.7 Å². The second-order valence-electron chi connectivity index (χ2n) is 9.85. The van der Waals surface area contributed by atoms with Gasteiger partial charge in [-0.3, -0.25) is 9.59 Å². The van der Waals surface area contributed by atoms with Crippen molar-refractivity contribution in [3.05, 3.63) is 59.7 Å². The Morgan fingerprint density at radius 1 is 0.971 bits per heavy atom. The zero-order valence-electron chi connectivity index (χ0n) is 20.0. The summed E-state index contributed by atoms with van der Waals surface area (Å²) in [4.78, 5) is 39.9. The second kappa shape index (κ2) is 9.87. The first-order valence-corrected chi connectivity index (χ1v) is 11.8. The lowest BCUT2D eigenvalue weighted by atomic mass is 9.98. The Morgan fingerprint density at radius 2 is 1.53 bits per heavy atom. The van der Waals surface area contributed by atoms with E-state index in [0.717, 1.165) is 35.1 Å². The standard InChI is InChI=1S/C27H32N2O5/c1-27(2,3)34-24(30)16-23(25(31)29-14-8-9-15-29)28-26(32)33-17-22-20-12-6-4-10-18(20)19-11-5-7-13-21(19)22/h4-7,10-13,22-23H,8-9,14-17H2,1-3H3,(H,28,32)/t23-/m0/s1. The highest BCUT2D eigenvalue weighted by atomic mass is 16.6. The molecule has 180 valence electrons. The molecule has 2 amide bonds. The topological polar surface area (TPSA) is 84.9 Å². The summed E-state index contributed by atoms with van der Waals surface area (Å²) in [6.07, 6.45) is 0.866. The van der Waals surface area contributed by atoms with Crippen molar-refractivity contribution >= 4 is 18.0 Å². The number of fused-ring (bicyclic) bond motifs is 3. The Bertz CT molecular complexity index is 1020. The van der Waals surface area contributed by atoms with Crippen LogP contribution in [-0.4, -0.2) is 54.2 Å². The summed E-state index contributed by atoms with van der Waals surface area (Å²) < 4.78 is 11.0. The molecule has 0 bridgehead atoms. The summed E-state index contributed by atoms with van der Waals surface area (Å²) in [5.74, 6) is -0.905. The van der Waals surface area contributed by atoms with Crippen LogP contribution < -0.4 is 5.32 Å². The fourth-order valence-electron chi connectivity index (χ4n) is 4.69. The van der Waals surface area contributed by atoms with Crippen molar-refractivity contribution < 1.29 is 23.9 Å². The van der Waals surface area contributed by atoms with Gasteiger partial charge in [-0.25, -0.2) is 4.79 Å². The van der Waals surface area contributed by atoms with E-state index in [9.17, 15) is 14.4 Å². The number of hydrogen-bond acceptors (Lipinski definition) is 5. The number of nitrogens with one attached hydrogen (secondary N) is 1. The van der Waals surface area contributed by atoms with E-state index < -0.39 is 23.7 Å². The molecule has 1 saturated heterocycles. The third-order valence-corrected chi connectivity index (χ3v) is 6.14. The van der Waals surface area contributed by atoms with E-state index in [-0.39, 0.29) is 24.9 Å². The van der Waals surface area contributed by atoms with Gasteiger partial charge >= 0.3 is 12.1 Å². The molecule has 1 heterocycles. The lowest BCUT2D eigenvalue weighted by Gasteiger charge is -2.25. The molecule has 2 aromatic rings. The summed E-state index contributed by atoms with van der Waals surface area (Å²) in [5, 5.41) is 2.63. The molecule has 4 rings (SSSR count). The maximum atomic E-state index is 13.0. The predicted molar refractivity (Wildman–Crippen MR) is 128 cm³/mol. The van der Waals surface area contributed by atoms with Gasteiger partial charge in [0.05, 0.1) is 6.42 Å². The van der Waals surface area contributed by atoms with Crippen molar-refractivity contribution in [3.63, 3.8) is 0 Å². The van der Waals surface area contributed by atoms with Gasteiger partial charge in [0, 0.05) is 19.0 Å². The Balaban J connectivity index is 1.43. The van der Waals surface area contributed by atoms with E-state index >= 15 is 0 Å². The van der Waals surface area contributed by atoms with Crippen LogP contribution in [0.1, 0.15) is 57.1 Å². The number of esters is 1. The molecule has 34 heavy (non-hydrogen) atoms. The van der Waals surface area contributed by atoms with Crippen LogP contribution in [0.25, 0.3) is 11.1 Å². The van der Waals surface area contributed by atoms with E-state index in [4.69, 9.17) is 9.47 Å². The largest absolute Gasteiger partial charge is 0.460 e. The van der Waals surface area contributed by atoms with Gasteiger partial charge in [-0.05, 0) is 55.9 Å². The number of alkyl carbamates (subject to hydrolysis) is 1. The first-order valence-electron chi connectivity index (χ1n) is 11.8. The molecular weight excluding hydrogens is 432 g/mol. The number of rotatable bonds is 6. The Morgan fingerprint density at radius 3 is 2.09 bits per heavy atom. The predicted octanol–water partition coefficient (Wildman–Crippen LogP) is 4.25. The first kappa shape index (κ1) is 23.8. The molecule has 1 atom stereocenters. The number of amides is 2. The maximum Gasteiger partial charge on any atom is 0.407 e. The van der Waals surface area contributed by atoms with Gasteiger partial charge in [0.25, 0.3) is 0 Å². The van der Waals surface area contributed by atoms with Crippen LogP contribution in [0.15, 0.2) is 48.5 Å². The smallest absolute Gasteiger partial charge is 0.407 e. The van der Waals surface area contributed by atoms with E-state index in [1.54, 1.807) is 25.7 Å². The van der Waals surface area contributed by atoms with Gasteiger partial charge in [-0.2, -0.15) is 0 Å². The van der Waals surface area contributed by atoms with Gasteiger partial charge in [0.2, 0.25) is 5.91 Å². The lowest BCUT2D eigenvalue weighted by molar-refractivity contribution is -0.157. The first-order chi connectivity index (χ1) is 16.2. The molecule has 0 spiro atoms. The highest BCUT2D eigenvalue weighted by Gasteiger charge is 2.33. The molecule has 0 saturated carbocycles. The molecule has 1 N–H and O–H groups in total. The maximum absolute atomic E-state index is 13.0. The van der Waals surface area contributed by atoms with Crippen LogP contribution >= 0.6 is 0 Å². The van der Waals surface area contributed by atoms with E-state index in [1.165, 1.54) is 0 Å². The molecule has 1 aliphatic heterocycles. The second-order valence-corrected chi connectivity index (χ2v) is 9.85. The van der Waals surface area contributed by atoms with Crippen LogP contribution in [0, 0.1) is 0 Å². The van der Waals surface area contributed by atoms with Crippen molar-refractivity contribution in [2.24, 2.45) is 0 Å². The molecule has 1 aliphatic carbocycles. The summed E-state index contributed by atoms with van der Waals surface area (Å²) in [6, 6.07) is 15.1. The Labute approximate surface area is 200 Å². The normalized spacial score (nSPS) is 15.9. The number of carbonyl (C=O) groups excluding carboxylic acids is 3. The fourth-order valence-corrected chi connectivity index (χ4v) is 4.69. The monoisotopic (exact) mass is 464 g/mol. The van der Waals surface area contributed by atoms with E-state index in [1.807, 2.05) is 36.4 Å². The Hall–Kier alpha value is -3.35. The number of ether oxygens (including phenoxy) is 2. The van der Waals surface area contributed by atoms with Crippen LogP contribution in [0.3, 0.4) is 0 Å². The number of likely N-dealkylation sites (tertiary alicyclic amines) is 1. The minimum Gasteiger partial charge on any atom is -0.460 e. The van der Waals surface area contributed by atoms with Crippen molar-refractivity contribution in [2.45, 2.75) is 57.6 Å². The summed E-state index contributed by atoms with van der Waals surface area (Å²) in [7, 11) is 0. The summed E-state index contributed by atoms with van der Waals surface area (Å²) >= 11 is 0. The molecular formula is C27H32N2O5. The third kappa shape index (κ3) is 5.41. The molecule has 7 heteroatoms. The van der Waals surface area contributed by atoms with Crippen LogP contribution in [-0.2, 0) is 19.1 Å². The summed E-state index contributed by atoms with van der Waals surface area (Å²) in [6.45, 7) is 6.67. The van der Waals surface area contributed by atoms with Crippen LogP contribution in [0.4, 0.5) is 4.79 Å². The van der Waals surface area contributed by atoms with Crippen LogP contribution in [0.5, 0.6) is 0 Å². The van der Waals surface area contributed by atoms with Crippen molar-refractivity contribution in [2.75, 3.05) is 19.7 Å². The molecule has 0 radical (unpaired) electrons. The van der Waals surface area contributed by atoms with Crippen molar-refractivity contribution in [1.82, 2.24) is 10.2 Å². The molecule has 0 aromatic heterocycles. The number of nitrogens with zero attached hydrogens (tertiary/aromatic N) is 1. The number of hydrogen-bond donors (Lipinski definition) is 1. The lowest BCUT2D eigenvalue weighted by Crippen LogP contribution is -2.49. The SMILES string of the molecule is CC(C)(C)OC(=O)C[C@H](NC(=O)OCC1c2ccccc2-c2ccccc21)C(=O)N1CCCC1. The van der Waals surface area contributed by atoms with Gasteiger partial charge in [0.15, 0.2) is 0 Å². The number of benzene rings is 2. The minimum atomic E-state index is -1.02. The minimum absolute atomic E-state index is 0.0864. The third-order valence-electron chi connectivity index (χ3n) is 6.14. The van der Waals surface area contributed by atoms with Crippen molar-refractivity contribution in [3.8, 4) is 11.1 Å². The summed E-state index contributed by atoms with van der Waals surface area (Å²) in [5.41, 5.74) is 3.81. The molecule has 2 aliphatic rings.